The SMILES string of the molecule is O=S(=O)(CCSc1nnc(C2CC2)n1C1CC1)c1ccc(Br)cc1. The lowest BCUT2D eigenvalue weighted by Crippen LogP contribution is -2.09. The van der Waals surface area contributed by atoms with E-state index in [1.807, 2.05) is 0 Å². The third kappa shape index (κ3) is 3.55. The first kappa shape index (κ1) is 16.6. The normalized spacial score (nSPS) is 18.0. The van der Waals surface area contributed by atoms with Crippen molar-refractivity contribution in [2.24, 2.45) is 0 Å². The Balaban J connectivity index is 1.43. The van der Waals surface area contributed by atoms with Gasteiger partial charge in [-0.25, -0.2) is 8.42 Å². The molecule has 0 atom stereocenters. The van der Waals surface area contributed by atoms with E-state index < -0.39 is 9.84 Å². The minimum absolute atomic E-state index is 0.107. The summed E-state index contributed by atoms with van der Waals surface area (Å²) in [7, 11) is -3.26. The third-order valence-electron chi connectivity index (χ3n) is 4.30. The summed E-state index contributed by atoms with van der Waals surface area (Å²) >= 11 is 4.83. The topological polar surface area (TPSA) is 64.8 Å². The molecule has 2 aliphatic carbocycles. The molecule has 5 nitrogen and oxygen atoms in total. The standard InChI is InChI=1S/C16H18BrN3O2S2/c17-12-3-7-14(8-4-12)24(21,22)10-9-23-16-19-18-15(11-1-2-11)20(16)13-5-6-13/h3-4,7-8,11,13H,1-2,5-6,9-10H2. The van der Waals surface area contributed by atoms with Crippen molar-refractivity contribution in [1.82, 2.24) is 14.8 Å². The van der Waals surface area contributed by atoms with Crippen LogP contribution in [0.1, 0.15) is 43.5 Å². The van der Waals surface area contributed by atoms with Crippen LogP contribution in [-0.2, 0) is 9.84 Å². The fourth-order valence-corrected chi connectivity index (χ4v) is 5.61. The molecular formula is C16H18BrN3O2S2. The van der Waals surface area contributed by atoms with Crippen molar-refractivity contribution >= 4 is 37.5 Å². The smallest absolute Gasteiger partial charge is 0.191 e. The van der Waals surface area contributed by atoms with Gasteiger partial charge in [0, 0.05) is 22.2 Å². The number of halogens is 1. The molecule has 0 unspecified atom stereocenters. The molecule has 8 heteroatoms. The molecule has 1 aromatic heterocycles. The second kappa shape index (κ2) is 6.46. The molecule has 0 aliphatic heterocycles. The van der Waals surface area contributed by atoms with Crippen molar-refractivity contribution in [2.75, 3.05) is 11.5 Å². The lowest BCUT2D eigenvalue weighted by Gasteiger charge is -2.08. The van der Waals surface area contributed by atoms with Gasteiger partial charge < -0.3 is 4.57 Å². The Hall–Kier alpha value is -0.860. The van der Waals surface area contributed by atoms with Gasteiger partial charge in [0.15, 0.2) is 15.0 Å². The highest BCUT2D eigenvalue weighted by Gasteiger charge is 2.36. The van der Waals surface area contributed by atoms with Crippen molar-refractivity contribution < 1.29 is 8.42 Å². The molecule has 0 bridgehead atoms. The number of rotatable bonds is 7. The van der Waals surface area contributed by atoms with E-state index in [1.165, 1.54) is 37.4 Å². The zero-order chi connectivity index (χ0) is 16.7. The number of hydrogen-bond acceptors (Lipinski definition) is 5. The van der Waals surface area contributed by atoms with Crippen LogP contribution < -0.4 is 0 Å². The highest BCUT2D eigenvalue weighted by molar-refractivity contribution is 9.10. The molecule has 0 amide bonds. The molecule has 2 aromatic rings. The Morgan fingerprint density at radius 1 is 1.12 bits per heavy atom. The third-order valence-corrected chi connectivity index (χ3v) is 7.77. The van der Waals surface area contributed by atoms with E-state index in [9.17, 15) is 8.42 Å². The van der Waals surface area contributed by atoms with E-state index in [-0.39, 0.29) is 5.75 Å². The van der Waals surface area contributed by atoms with E-state index in [2.05, 4.69) is 30.7 Å². The Morgan fingerprint density at radius 3 is 2.46 bits per heavy atom. The van der Waals surface area contributed by atoms with Crippen molar-refractivity contribution in [3.05, 3.63) is 34.6 Å². The van der Waals surface area contributed by atoms with Crippen LogP contribution in [-0.4, -0.2) is 34.7 Å². The van der Waals surface area contributed by atoms with Gasteiger partial charge in [0.1, 0.15) is 5.82 Å². The Kier molecular flexibility index (Phi) is 4.47. The zero-order valence-corrected chi connectivity index (χ0v) is 16.3. The van der Waals surface area contributed by atoms with Gasteiger partial charge in [0.05, 0.1) is 10.6 Å². The molecule has 2 saturated carbocycles. The summed E-state index contributed by atoms with van der Waals surface area (Å²) < 4.78 is 28.0. The van der Waals surface area contributed by atoms with Gasteiger partial charge in [-0.15, -0.1) is 10.2 Å². The molecule has 2 aliphatic rings. The predicted octanol–water partition coefficient (Wildman–Crippen LogP) is 3.82. The van der Waals surface area contributed by atoms with Gasteiger partial charge in [-0.3, -0.25) is 0 Å². The second-order valence-electron chi connectivity index (χ2n) is 6.34. The van der Waals surface area contributed by atoms with Crippen LogP contribution in [0.5, 0.6) is 0 Å². The predicted molar refractivity (Wildman–Crippen MR) is 97.2 cm³/mol. The Labute approximate surface area is 154 Å². The van der Waals surface area contributed by atoms with E-state index in [0.717, 1.165) is 15.5 Å². The fraction of sp³-hybridized carbons (Fsp3) is 0.500. The summed E-state index contributed by atoms with van der Waals surface area (Å²) in [4.78, 5) is 0.369. The van der Waals surface area contributed by atoms with Crippen LogP contribution in [0.4, 0.5) is 0 Å². The summed E-state index contributed by atoms with van der Waals surface area (Å²) in [6, 6.07) is 7.32. The summed E-state index contributed by atoms with van der Waals surface area (Å²) in [5.41, 5.74) is 0. The first-order valence-corrected chi connectivity index (χ1v) is 11.5. The van der Waals surface area contributed by atoms with Crippen LogP contribution in [0.15, 0.2) is 38.8 Å². The molecular weight excluding hydrogens is 410 g/mol. The minimum atomic E-state index is -3.26. The summed E-state index contributed by atoms with van der Waals surface area (Å²) in [6.07, 6.45) is 4.77. The monoisotopic (exact) mass is 427 g/mol. The molecule has 2 fully saturated rings. The van der Waals surface area contributed by atoms with Crippen molar-refractivity contribution in [3.63, 3.8) is 0 Å². The lowest BCUT2D eigenvalue weighted by atomic mass is 10.4. The zero-order valence-electron chi connectivity index (χ0n) is 13.1. The fourth-order valence-electron chi connectivity index (χ4n) is 2.69. The van der Waals surface area contributed by atoms with Crippen LogP contribution in [0.2, 0.25) is 0 Å². The maximum atomic E-state index is 12.4. The van der Waals surface area contributed by atoms with Gasteiger partial charge >= 0.3 is 0 Å². The van der Waals surface area contributed by atoms with Crippen molar-refractivity contribution in [3.8, 4) is 0 Å². The van der Waals surface area contributed by atoms with E-state index in [0.29, 0.717) is 22.6 Å². The average Bonchev–Trinajstić information content (AvgIpc) is 3.47. The molecule has 0 spiro atoms. The quantitative estimate of drug-likeness (QED) is 0.628. The van der Waals surface area contributed by atoms with Crippen LogP contribution in [0.25, 0.3) is 0 Å². The largest absolute Gasteiger partial charge is 0.303 e. The number of thioether (sulfide) groups is 1. The average molecular weight is 428 g/mol. The minimum Gasteiger partial charge on any atom is -0.303 e. The first-order chi connectivity index (χ1) is 11.5. The Bertz CT molecular complexity index is 841. The highest BCUT2D eigenvalue weighted by Crippen LogP contribution is 2.46. The first-order valence-electron chi connectivity index (χ1n) is 8.10. The van der Waals surface area contributed by atoms with Gasteiger partial charge in [0.2, 0.25) is 0 Å². The summed E-state index contributed by atoms with van der Waals surface area (Å²) in [5, 5.41) is 9.56. The molecule has 0 saturated heterocycles. The van der Waals surface area contributed by atoms with E-state index in [4.69, 9.17) is 0 Å². The second-order valence-corrected chi connectivity index (χ2v) is 10.4. The molecule has 0 radical (unpaired) electrons. The van der Waals surface area contributed by atoms with Crippen LogP contribution >= 0.6 is 27.7 Å². The molecule has 0 N–H and O–H groups in total. The van der Waals surface area contributed by atoms with E-state index in [1.54, 1.807) is 24.3 Å². The number of aromatic nitrogens is 3. The molecule has 128 valence electrons. The number of hydrogen-bond donors (Lipinski definition) is 0. The number of benzene rings is 1. The van der Waals surface area contributed by atoms with Crippen LogP contribution in [0, 0.1) is 0 Å². The van der Waals surface area contributed by atoms with Gasteiger partial charge in [-0.1, -0.05) is 27.7 Å². The van der Waals surface area contributed by atoms with Crippen molar-refractivity contribution in [1.29, 1.82) is 0 Å². The lowest BCUT2D eigenvalue weighted by molar-refractivity contribution is 0.597. The Morgan fingerprint density at radius 2 is 1.83 bits per heavy atom. The molecule has 4 rings (SSSR count). The van der Waals surface area contributed by atoms with Gasteiger partial charge in [-0.2, -0.15) is 0 Å². The summed E-state index contributed by atoms with van der Waals surface area (Å²) in [5.74, 6) is 2.28. The van der Waals surface area contributed by atoms with Crippen LogP contribution in [0.3, 0.4) is 0 Å². The van der Waals surface area contributed by atoms with E-state index >= 15 is 0 Å². The highest BCUT2D eigenvalue weighted by atomic mass is 79.9. The number of nitrogens with zero attached hydrogens (tertiary/aromatic N) is 3. The molecule has 24 heavy (non-hydrogen) atoms. The maximum absolute atomic E-state index is 12.4. The van der Waals surface area contributed by atoms with Crippen molar-refractivity contribution in [2.45, 2.75) is 47.7 Å². The maximum Gasteiger partial charge on any atom is 0.191 e. The molecule has 1 aromatic carbocycles. The number of sulfone groups is 1. The van der Waals surface area contributed by atoms with Gasteiger partial charge in [-0.05, 0) is 49.9 Å². The molecule has 1 heterocycles. The van der Waals surface area contributed by atoms with Gasteiger partial charge in [0.25, 0.3) is 0 Å². The summed E-state index contributed by atoms with van der Waals surface area (Å²) in [6.45, 7) is 0.